The van der Waals surface area contributed by atoms with E-state index in [0.717, 1.165) is 32.4 Å². The number of imide groups is 1. The average Bonchev–Trinajstić information content (AvgIpc) is 2.91. The summed E-state index contributed by atoms with van der Waals surface area (Å²) < 4.78 is 5.06. The minimum atomic E-state index is -0.789. The van der Waals surface area contributed by atoms with E-state index in [1.54, 1.807) is 7.11 Å². The van der Waals surface area contributed by atoms with Crippen molar-refractivity contribution in [2.75, 3.05) is 33.4 Å². The Morgan fingerprint density at radius 3 is 2.60 bits per heavy atom. The third-order valence-electron chi connectivity index (χ3n) is 5.41. The quantitative estimate of drug-likeness (QED) is 0.736. The number of carbonyl (C=O) groups is 2. The SMILES string of the molecule is COCCN1C(=O)N[C@](CCc2ccccc2)(C2CCNCC2)C1=O. The van der Waals surface area contributed by atoms with Crippen molar-refractivity contribution in [2.45, 2.75) is 31.2 Å². The zero-order valence-corrected chi connectivity index (χ0v) is 14.8. The summed E-state index contributed by atoms with van der Waals surface area (Å²) in [5.74, 6) is 0.0823. The van der Waals surface area contributed by atoms with Gasteiger partial charge in [0.05, 0.1) is 13.2 Å². The number of benzene rings is 1. The summed E-state index contributed by atoms with van der Waals surface area (Å²) in [6.45, 7) is 2.44. The average molecular weight is 345 g/mol. The van der Waals surface area contributed by atoms with Gasteiger partial charge in [-0.1, -0.05) is 30.3 Å². The molecule has 1 atom stereocenters. The van der Waals surface area contributed by atoms with Crippen molar-refractivity contribution in [2.24, 2.45) is 5.92 Å². The molecule has 0 aliphatic carbocycles. The largest absolute Gasteiger partial charge is 0.383 e. The normalized spacial score (nSPS) is 24.6. The number of nitrogens with zero attached hydrogens (tertiary/aromatic N) is 1. The fourth-order valence-corrected chi connectivity index (χ4v) is 3.98. The van der Waals surface area contributed by atoms with Gasteiger partial charge >= 0.3 is 6.03 Å². The molecule has 2 aliphatic rings. The van der Waals surface area contributed by atoms with Crippen LogP contribution in [0.1, 0.15) is 24.8 Å². The van der Waals surface area contributed by atoms with Crippen molar-refractivity contribution in [3.05, 3.63) is 35.9 Å². The molecule has 2 heterocycles. The number of nitrogens with one attached hydrogen (secondary N) is 2. The van der Waals surface area contributed by atoms with Gasteiger partial charge in [0.1, 0.15) is 5.54 Å². The van der Waals surface area contributed by atoms with Gasteiger partial charge < -0.3 is 15.4 Å². The molecular formula is C19H27N3O3. The number of amides is 3. The summed E-state index contributed by atoms with van der Waals surface area (Å²) in [7, 11) is 1.58. The van der Waals surface area contributed by atoms with Crippen LogP contribution in [0.15, 0.2) is 30.3 Å². The molecule has 2 saturated heterocycles. The molecule has 25 heavy (non-hydrogen) atoms. The van der Waals surface area contributed by atoms with Gasteiger partial charge in [0.25, 0.3) is 5.91 Å². The van der Waals surface area contributed by atoms with Gasteiger partial charge in [0.2, 0.25) is 0 Å². The summed E-state index contributed by atoms with van der Waals surface area (Å²) in [4.78, 5) is 27.0. The van der Waals surface area contributed by atoms with Crippen LogP contribution in [0.4, 0.5) is 4.79 Å². The Labute approximate surface area is 148 Å². The standard InChI is InChI=1S/C19H27N3O3/c1-25-14-13-22-17(23)19(21-18(22)24,16-8-11-20-12-9-16)10-7-15-5-3-2-4-6-15/h2-6,16,20H,7-14H2,1H3,(H,21,24)/t19-/m1/s1. The molecule has 0 radical (unpaired) electrons. The number of piperidine rings is 1. The minimum absolute atomic E-state index is 0.0858. The van der Waals surface area contributed by atoms with E-state index in [-0.39, 0.29) is 17.9 Å². The zero-order chi connectivity index (χ0) is 17.7. The topological polar surface area (TPSA) is 70.7 Å². The molecule has 3 rings (SSSR count). The van der Waals surface area contributed by atoms with Crippen molar-refractivity contribution in [1.29, 1.82) is 0 Å². The van der Waals surface area contributed by atoms with Gasteiger partial charge in [-0.15, -0.1) is 0 Å². The summed E-state index contributed by atoms with van der Waals surface area (Å²) >= 11 is 0. The molecule has 0 aromatic heterocycles. The number of hydrogen-bond acceptors (Lipinski definition) is 4. The molecule has 1 aromatic carbocycles. The fourth-order valence-electron chi connectivity index (χ4n) is 3.98. The number of rotatable bonds is 7. The molecular weight excluding hydrogens is 318 g/mol. The van der Waals surface area contributed by atoms with Gasteiger partial charge in [-0.3, -0.25) is 9.69 Å². The molecule has 3 amide bonds. The molecule has 0 unspecified atom stereocenters. The predicted molar refractivity (Wildman–Crippen MR) is 95.2 cm³/mol. The van der Waals surface area contributed by atoms with Crippen molar-refractivity contribution in [1.82, 2.24) is 15.5 Å². The highest BCUT2D eigenvalue weighted by Gasteiger charge is 2.54. The summed E-state index contributed by atoms with van der Waals surface area (Å²) in [5.41, 5.74) is 0.399. The maximum atomic E-state index is 13.2. The Bertz CT molecular complexity index is 601. The molecule has 6 heteroatoms. The van der Waals surface area contributed by atoms with E-state index in [0.29, 0.717) is 19.6 Å². The van der Waals surface area contributed by atoms with Crippen LogP contribution in [-0.4, -0.2) is 55.7 Å². The second-order valence-electron chi connectivity index (χ2n) is 6.86. The molecule has 2 fully saturated rings. The van der Waals surface area contributed by atoms with E-state index in [2.05, 4.69) is 22.8 Å². The predicted octanol–water partition coefficient (Wildman–Crippen LogP) is 1.56. The second kappa shape index (κ2) is 7.97. The van der Waals surface area contributed by atoms with E-state index in [4.69, 9.17) is 4.74 Å². The Morgan fingerprint density at radius 2 is 1.92 bits per heavy atom. The fraction of sp³-hybridized carbons (Fsp3) is 0.579. The maximum absolute atomic E-state index is 13.2. The molecule has 6 nitrogen and oxygen atoms in total. The smallest absolute Gasteiger partial charge is 0.325 e. The van der Waals surface area contributed by atoms with Crippen molar-refractivity contribution < 1.29 is 14.3 Å². The number of ether oxygens (including phenoxy) is 1. The maximum Gasteiger partial charge on any atom is 0.325 e. The third kappa shape index (κ3) is 3.70. The van der Waals surface area contributed by atoms with E-state index in [1.807, 2.05) is 18.2 Å². The van der Waals surface area contributed by atoms with E-state index < -0.39 is 5.54 Å². The van der Waals surface area contributed by atoms with Crippen LogP contribution in [0.3, 0.4) is 0 Å². The molecule has 0 bridgehead atoms. The number of hydrogen-bond donors (Lipinski definition) is 2. The second-order valence-corrected chi connectivity index (χ2v) is 6.86. The monoisotopic (exact) mass is 345 g/mol. The first-order valence-corrected chi connectivity index (χ1v) is 9.05. The van der Waals surface area contributed by atoms with Crippen LogP contribution in [0, 0.1) is 5.92 Å². The third-order valence-corrected chi connectivity index (χ3v) is 5.41. The lowest BCUT2D eigenvalue weighted by Gasteiger charge is -2.38. The van der Waals surface area contributed by atoms with Crippen molar-refractivity contribution >= 4 is 11.9 Å². The minimum Gasteiger partial charge on any atom is -0.383 e. The van der Waals surface area contributed by atoms with Crippen LogP contribution in [-0.2, 0) is 16.0 Å². The Kier molecular flexibility index (Phi) is 5.71. The van der Waals surface area contributed by atoms with Crippen LogP contribution in [0.2, 0.25) is 0 Å². The first-order valence-electron chi connectivity index (χ1n) is 9.05. The zero-order valence-electron chi connectivity index (χ0n) is 14.8. The molecule has 2 aliphatic heterocycles. The van der Waals surface area contributed by atoms with Crippen LogP contribution in [0.25, 0.3) is 0 Å². The van der Waals surface area contributed by atoms with Crippen LogP contribution in [0.5, 0.6) is 0 Å². The lowest BCUT2D eigenvalue weighted by atomic mass is 9.74. The van der Waals surface area contributed by atoms with Crippen molar-refractivity contribution in [3.63, 3.8) is 0 Å². The molecule has 0 spiro atoms. The van der Waals surface area contributed by atoms with Gasteiger partial charge in [0.15, 0.2) is 0 Å². The first-order chi connectivity index (χ1) is 12.2. The first kappa shape index (κ1) is 17.9. The van der Waals surface area contributed by atoms with E-state index in [1.165, 1.54) is 10.5 Å². The number of urea groups is 1. The molecule has 1 aromatic rings. The van der Waals surface area contributed by atoms with Gasteiger partial charge in [-0.05, 0) is 50.3 Å². The van der Waals surface area contributed by atoms with E-state index in [9.17, 15) is 9.59 Å². The Morgan fingerprint density at radius 1 is 1.20 bits per heavy atom. The lowest BCUT2D eigenvalue weighted by Crippen LogP contribution is -2.56. The van der Waals surface area contributed by atoms with Gasteiger partial charge in [-0.25, -0.2) is 4.79 Å². The Balaban J connectivity index is 1.82. The van der Waals surface area contributed by atoms with Gasteiger partial charge in [0, 0.05) is 7.11 Å². The summed E-state index contributed by atoms with van der Waals surface area (Å²) in [5, 5.41) is 6.41. The number of carbonyl (C=O) groups excluding carboxylic acids is 2. The van der Waals surface area contributed by atoms with Crippen LogP contribution >= 0.6 is 0 Å². The van der Waals surface area contributed by atoms with Crippen molar-refractivity contribution in [3.8, 4) is 0 Å². The summed E-state index contributed by atoms with van der Waals surface area (Å²) in [6, 6.07) is 9.86. The molecule has 2 N–H and O–H groups in total. The highest BCUT2D eigenvalue weighted by atomic mass is 16.5. The summed E-state index contributed by atoms with van der Waals surface area (Å²) in [6.07, 6.45) is 3.21. The highest BCUT2D eigenvalue weighted by molar-refractivity contribution is 6.07. The lowest BCUT2D eigenvalue weighted by molar-refractivity contribution is -0.134. The highest BCUT2D eigenvalue weighted by Crippen LogP contribution is 2.35. The van der Waals surface area contributed by atoms with Crippen LogP contribution < -0.4 is 10.6 Å². The molecule has 136 valence electrons. The number of methoxy groups -OCH3 is 1. The Hall–Kier alpha value is -1.92. The van der Waals surface area contributed by atoms with Gasteiger partial charge in [-0.2, -0.15) is 0 Å². The van der Waals surface area contributed by atoms with E-state index >= 15 is 0 Å². The molecule has 0 saturated carbocycles. The number of aryl methyl sites for hydroxylation is 1.